The number of alkyl halides is 13. The van der Waals surface area contributed by atoms with E-state index in [-0.39, 0.29) is 12.1 Å². The number of methoxy groups -OCH3 is 1. The molecule has 156 valence electrons. The van der Waals surface area contributed by atoms with Crippen LogP contribution in [0.25, 0.3) is 0 Å². The minimum absolute atomic E-state index is 0.00989. The van der Waals surface area contributed by atoms with Gasteiger partial charge in [0.15, 0.2) is 0 Å². The minimum atomic E-state index is -7.91. The molecule has 0 bridgehead atoms. The normalized spacial score (nSPS) is 15.0. The van der Waals surface area contributed by atoms with E-state index in [1.807, 2.05) is 0 Å². The van der Waals surface area contributed by atoms with Crippen molar-refractivity contribution < 1.29 is 61.8 Å². The van der Waals surface area contributed by atoms with Crippen molar-refractivity contribution in [1.82, 2.24) is 0 Å². The zero-order valence-corrected chi connectivity index (χ0v) is 12.6. The molecule has 0 heterocycles. The fourth-order valence-corrected chi connectivity index (χ4v) is 1.77. The van der Waals surface area contributed by atoms with Gasteiger partial charge in [-0.05, 0) is 12.1 Å². The first-order valence-electron chi connectivity index (χ1n) is 6.39. The van der Waals surface area contributed by atoms with Crippen molar-refractivity contribution in [2.75, 3.05) is 7.11 Å². The van der Waals surface area contributed by atoms with Gasteiger partial charge in [0.05, 0.1) is 7.11 Å². The van der Waals surface area contributed by atoms with Gasteiger partial charge < -0.3 is 4.74 Å². The highest BCUT2D eigenvalue weighted by atomic mass is 19.4. The van der Waals surface area contributed by atoms with Crippen molar-refractivity contribution in [2.24, 2.45) is 0 Å². The lowest BCUT2D eigenvalue weighted by Gasteiger charge is -2.39. The lowest BCUT2D eigenvalue weighted by Crippen LogP contribution is -2.69. The Morgan fingerprint density at radius 1 is 0.630 bits per heavy atom. The summed E-state index contributed by atoms with van der Waals surface area (Å²) in [5.41, 5.74) is -2.09. The Hall–Kier alpha value is -1.89. The van der Waals surface area contributed by atoms with Crippen LogP contribution >= 0.6 is 0 Å². The van der Waals surface area contributed by atoms with Crippen molar-refractivity contribution in [3.8, 4) is 5.75 Å². The van der Waals surface area contributed by atoms with Gasteiger partial charge in [0.1, 0.15) is 5.75 Å². The topological polar surface area (TPSA) is 9.23 Å². The average molecular weight is 426 g/mol. The third-order valence-corrected chi connectivity index (χ3v) is 3.37. The van der Waals surface area contributed by atoms with Crippen LogP contribution in [0.3, 0.4) is 0 Å². The van der Waals surface area contributed by atoms with Gasteiger partial charge in [0.25, 0.3) is 0 Å². The predicted octanol–water partition coefficient (Wildman–Crippen LogP) is 5.89. The summed E-state index contributed by atoms with van der Waals surface area (Å²) in [6.07, 6.45) is -7.43. The maximum absolute atomic E-state index is 13.8. The van der Waals surface area contributed by atoms with Gasteiger partial charge in [-0.3, -0.25) is 0 Å². The van der Waals surface area contributed by atoms with Crippen LogP contribution in [-0.2, 0) is 5.92 Å². The fraction of sp³-hybridized carbons (Fsp3) is 0.538. The molecule has 0 aliphatic carbocycles. The Morgan fingerprint density at radius 3 is 1.48 bits per heavy atom. The van der Waals surface area contributed by atoms with Crippen LogP contribution in [0.15, 0.2) is 24.3 Å². The average Bonchev–Trinajstić information content (AvgIpc) is 2.53. The van der Waals surface area contributed by atoms with Crippen LogP contribution in [0.5, 0.6) is 5.75 Å². The lowest BCUT2D eigenvalue weighted by molar-refractivity contribution is -0.441. The van der Waals surface area contributed by atoms with E-state index in [1.54, 1.807) is 0 Å². The first-order chi connectivity index (χ1) is 11.8. The van der Waals surface area contributed by atoms with Crippen molar-refractivity contribution in [3.63, 3.8) is 0 Å². The Balaban J connectivity index is 3.58. The van der Waals surface area contributed by atoms with Gasteiger partial charge >= 0.3 is 35.8 Å². The molecule has 0 aromatic heterocycles. The molecule has 1 rings (SSSR count). The quantitative estimate of drug-likeness (QED) is 0.516. The zero-order valence-electron chi connectivity index (χ0n) is 12.6. The Labute approximate surface area is 141 Å². The van der Waals surface area contributed by atoms with Gasteiger partial charge in [-0.1, -0.05) is 12.1 Å². The van der Waals surface area contributed by atoms with Gasteiger partial charge in [0, 0.05) is 5.56 Å². The number of hydrogen-bond acceptors (Lipinski definition) is 1. The Morgan fingerprint density at radius 2 is 1.07 bits per heavy atom. The molecule has 14 heteroatoms. The molecule has 0 fully saturated rings. The van der Waals surface area contributed by atoms with Crippen molar-refractivity contribution in [3.05, 3.63) is 29.8 Å². The summed E-state index contributed by atoms with van der Waals surface area (Å²) in [4.78, 5) is 0. The van der Waals surface area contributed by atoms with Crippen LogP contribution in [-0.4, -0.2) is 37.0 Å². The number of hydrogen-bond donors (Lipinski definition) is 0. The first-order valence-corrected chi connectivity index (χ1v) is 6.39. The van der Waals surface area contributed by atoms with E-state index < -0.39 is 47.1 Å². The number of ether oxygens (including phenoxy) is 1. The lowest BCUT2D eigenvalue weighted by atomic mass is 9.90. The molecule has 0 aliphatic rings. The molecular weight excluding hydrogens is 419 g/mol. The highest BCUT2D eigenvalue weighted by Crippen LogP contribution is 2.62. The molecule has 0 unspecified atom stereocenters. The van der Waals surface area contributed by atoms with Crippen molar-refractivity contribution >= 4 is 0 Å². The number of benzene rings is 1. The molecular formula is C13H7F13O. The molecule has 0 spiro atoms. The monoisotopic (exact) mass is 426 g/mol. The van der Waals surface area contributed by atoms with E-state index >= 15 is 0 Å². The van der Waals surface area contributed by atoms with E-state index in [4.69, 9.17) is 0 Å². The van der Waals surface area contributed by atoms with E-state index in [0.717, 1.165) is 13.2 Å². The molecule has 0 amide bonds. The maximum atomic E-state index is 13.8. The molecule has 0 radical (unpaired) electrons. The second-order valence-electron chi connectivity index (χ2n) is 5.10. The summed E-state index contributed by atoms with van der Waals surface area (Å²) >= 11 is 0. The minimum Gasteiger partial charge on any atom is -0.497 e. The van der Waals surface area contributed by atoms with Crippen molar-refractivity contribution in [2.45, 2.75) is 35.8 Å². The van der Waals surface area contributed by atoms with E-state index in [2.05, 4.69) is 4.74 Å². The molecule has 0 saturated heterocycles. The summed E-state index contributed by atoms with van der Waals surface area (Å²) in [5.74, 6) is -37.7. The molecule has 0 aliphatic heterocycles. The molecule has 0 N–H and O–H groups in total. The van der Waals surface area contributed by atoms with Crippen molar-refractivity contribution in [1.29, 1.82) is 0 Å². The standard InChI is InChI=1S/C13H7F13O/c1-27-7-4-2-3-6(5-7)8(14,15)9(16,17)10(18,19)11(20,21)12(22,23)13(24,25)26/h2-5H,1H3. The zero-order chi connectivity index (χ0) is 21.7. The second kappa shape index (κ2) is 6.33. The third kappa shape index (κ3) is 3.16. The van der Waals surface area contributed by atoms with Gasteiger partial charge in [0.2, 0.25) is 0 Å². The third-order valence-electron chi connectivity index (χ3n) is 3.37. The van der Waals surface area contributed by atoms with E-state index in [9.17, 15) is 57.1 Å². The summed E-state index contributed by atoms with van der Waals surface area (Å²) < 4.78 is 173. The van der Waals surface area contributed by atoms with Crippen LogP contribution in [0.2, 0.25) is 0 Å². The molecule has 1 nitrogen and oxygen atoms in total. The Bertz CT molecular complexity index is 677. The van der Waals surface area contributed by atoms with Gasteiger partial charge in [-0.15, -0.1) is 0 Å². The largest absolute Gasteiger partial charge is 0.497 e. The molecule has 1 aromatic carbocycles. The highest BCUT2D eigenvalue weighted by Gasteiger charge is 2.90. The number of rotatable bonds is 6. The maximum Gasteiger partial charge on any atom is 0.460 e. The van der Waals surface area contributed by atoms with E-state index in [1.165, 1.54) is 0 Å². The summed E-state index contributed by atoms with van der Waals surface area (Å²) in [6, 6.07) is 1.41. The molecule has 1 aromatic rings. The second-order valence-corrected chi connectivity index (χ2v) is 5.10. The fourth-order valence-electron chi connectivity index (χ4n) is 1.77. The molecule has 0 saturated carbocycles. The summed E-state index contributed by atoms with van der Waals surface area (Å²) in [7, 11) is 0.821. The molecule has 27 heavy (non-hydrogen) atoms. The first kappa shape index (κ1) is 23.1. The van der Waals surface area contributed by atoms with Crippen LogP contribution < -0.4 is 4.74 Å². The summed E-state index contributed by atoms with van der Waals surface area (Å²) in [5, 5.41) is 0. The van der Waals surface area contributed by atoms with E-state index in [0.29, 0.717) is 6.07 Å². The summed E-state index contributed by atoms with van der Waals surface area (Å²) in [6.45, 7) is 0. The van der Waals surface area contributed by atoms with Gasteiger partial charge in [-0.2, -0.15) is 57.1 Å². The van der Waals surface area contributed by atoms with Gasteiger partial charge in [-0.25, -0.2) is 0 Å². The highest BCUT2D eigenvalue weighted by molar-refractivity contribution is 5.33. The predicted molar refractivity (Wildman–Crippen MR) is 62.7 cm³/mol. The smallest absolute Gasteiger partial charge is 0.460 e. The van der Waals surface area contributed by atoms with Crippen LogP contribution in [0.4, 0.5) is 57.1 Å². The number of halogens is 13. The van der Waals surface area contributed by atoms with Crippen LogP contribution in [0.1, 0.15) is 5.56 Å². The Kier molecular flexibility index (Phi) is 5.43. The molecule has 0 atom stereocenters. The SMILES string of the molecule is COc1cccc(C(F)(F)C(F)(F)C(F)(F)C(F)(F)C(F)(F)C(F)(F)F)c1. The van der Waals surface area contributed by atoms with Crippen LogP contribution in [0, 0.1) is 0 Å².